The Balaban J connectivity index is 0.882. The molecule has 0 unspecified atom stereocenters. The van der Waals surface area contributed by atoms with Crippen LogP contribution in [0.2, 0.25) is 0 Å². The van der Waals surface area contributed by atoms with Gasteiger partial charge in [-0.25, -0.2) is 9.97 Å². The molecule has 338 valence electrons. The van der Waals surface area contributed by atoms with E-state index in [-0.39, 0.29) is 0 Å². The van der Waals surface area contributed by atoms with Crippen molar-refractivity contribution in [1.82, 2.24) is 23.7 Å². The fourth-order valence-electron chi connectivity index (χ4n) is 12.3. The van der Waals surface area contributed by atoms with Gasteiger partial charge in [-0.15, -0.1) is 0 Å². The quantitative estimate of drug-likeness (QED) is 0.173. The van der Waals surface area contributed by atoms with Crippen molar-refractivity contribution < 1.29 is 0 Å². The molecular weight excluding hydrogens is 887 g/mol. The van der Waals surface area contributed by atoms with E-state index >= 15 is 0 Å². The summed E-state index contributed by atoms with van der Waals surface area (Å²) in [5.41, 5.74) is 14.3. The van der Waals surface area contributed by atoms with Crippen LogP contribution < -0.4 is 0 Å². The molecule has 0 atom stereocenters. The lowest BCUT2D eigenvalue weighted by atomic mass is 9.99. The second kappa shape index (κ2) is 15.3. The molecule has 0 aliphatic carbocycles. The Bertz CT molecular complexity index is 4980. The summed E-state index contributed by atoms with van der Waals surface area (Å²) >= 11 is 0. The predicted molar refractivity (Wildman–Crippen MR) is 306 cm³/mol. The van der Waals surface area contributed by atoms with Crippen LogP contribution in [-0.2, 0) is 0 Å². The molecule has 0 saturated carbocycles. The van der Waals surface area contributed by atoms with E-state index in [1.165, 1.54) is 70.6 Å². The third kappa shape index (κ3) is 5.79. The molecule has 16 rings (SSSR count). The van der Waals surface area contributed by atoms with Gasteiger partial charge in [0.1, 0.15) is 0 Å². The van der Waals surface area contributed by atoms with E-state index in [9.17, 15) is 0 Å². The van der Waals surface area contributed by atoms with Gasteiger partial charge in [0.15, 0.2) is 5.82 Å². The molecule has 0 aliphatic heterocycles. The van der Waals surface area contributed by atoms with E-state index in [0.29, 0.717) is 5.82 Å². The van der Waals surface area contributed by atoms with Crippen LogP contribution in [0.5, 0.6) is 0 Å². The van der Waals surface area contributed by atoms with Crippen molar-refractivity contribution in [3.8, 4) is 39.7 Å². The van der Waals surface area contributed by atoms with Gasteiger partial charge < -0.3 is 13.7 Å². The summed E-state index contributed by atoms with van der Waals surface area (Å²) in [4.78, 5) is 10.7. The molecule has 16 aromatic rings. The Labute approximate surface area is 418 Å². The topological polar surface area (TPSA) is 40.6 Å². The lowest BCUT2D eigenvalue weighted by Crippen LogP contribution is -1.98. The predicted octanol–water partition coefficient (Wildman–Crippen LogP) is 17.7. The molecule has 0 fully saturated rings. The summed E-state index contributed by atoms with van der Waals surface area (Å²) in [5, 5.41) is 15.5. The largest absolute Gasteiger partial charge is 0.309 e. The number of hydrogen-bond donors (Lipinski definition) is 0. The first-order chi connectivity index (χ1) is 36.2. The summed E-state index contributed by atoms with van der Waals surface area (Å²) in [6.45, 7) is 0. The van der Waals surface area contributed by atoms with Gasteiger partial charge in [-0.05, 0) is 99.7 Å². The highest BCUT2D eigenvalue weighted by atomic mass is 15.0. The van der Waals surface area contributed by atoms with E-state index < -0.39 is 0 Å². The first-order valence-electron chi connectivity index (χ1n) is 25.0. The zero-order valence-corrected chi connectivity index (χ0v) is 39.4. The average Bonchev–Trinajstić information content (AvgIpc) is 4.10. The Hall–Kier alpha value is -9.84. The highest BCUT2D eigenvalue weighted by Crippen LogP contribution is 2.46. The zero-order valence-electron chi connectivity index (χ0n) is 39.4. The average molecular weight is 928 g/mol. The van der Waals surface area contributed by atoms with Crippen molar-refractivity contribution in [2.75, 3.05) is 0 Å². The molecule has 12 aromatic carbocycles. The molecule has 0 N–H and O–H groups in total. The Kier molecular flexibility index (Phi) is 8.39. The summed E-state index contributed by atoms with van der Waals surface area (Å²) in [6, 6.07) is 90.3. The molecule has 0 amide bonds. The lowest BCUT2D eigenvalue weighted by molar-refractivity contribution is 1.18. The second-order valence-corrected chi connectivity index (χ2v) is 19.3. The normalized spacial score (nSPS) is 12.1. The molecule has 5 heteroatoms. The van der Waals surface area contributed by atoms with Crippen molar-refractivity contribution in [2.24, 2.45) is 0 Å². The van der Waals surface area contributed by atoms with Crippen LogP contribution in [0.4, 0.5) is 0 Å². The minimum Gasteiger partial charge on any atom is -0.309 e. The van der Waals surface area contributed by atoms with Gasteiger partial charge in [0.2, 0.25) is 0 Å². The molecule has 4 heterocycles. The van der Waals surface area contributed by atoms with E-state index in [0.717, 1.165) is 71.9 Å². The molecule has 4 aromatic heterocycles. The standard InChI is InChI=1S/C68H41N5/c1-2-19-47(20-3-1)71-57-29-13-9-24-52(57)64-55(27-16-32-60(64)71)66-51-23-8-12-28-56(51)69-68(70-66)46-34-33-44-40-48(37-35-43(44)39-46)72-58-30-14-11-26-54(58)65-62(72)41-45-18-5-7-22-50(45)67(65)73-59-31-15-10-25-53(59)63-49-21-6-4-17-42(49)36-38-61(63)73/h1-41H. The van der Waals surface area contributed by atoms with E-state index in [1.54, 1.807) is 0 Å². The first kappa shape index (κ1) is 39.9. The highest BCUT2D eigenvalue weighted by molar-refractivity contribution is 6.26. The van der Waals surface area contributed by atoms with Crippen molar-refractivity contribution in [2.45, 2.75) is 0 Å². The number of hydrogen-bond acceptors (Lipinski definition) is 2. The monoisotopic (exact) mass is 927 g/mol. The summed E-state index contributed by atoms with van der Waals surface area (Å²) < 4.78 is 7.36. The van der Waals surface area contributed by atoms with Gasteiger partial charge in [-0.3, -0.25) is 0 Å². The maximum absolute atomic E-state index is 5.49. The van der Waals surface area contributed by atoms with E-state index in [2.05, 4.69) is 262 Å². The molecule has 0 saturated heterocycles. The molecule has 0 radical (unpaired) electrons. The van der Waals surface area contributed by atoms with Crippen LogP contribution in [0.25, 0.3) is 148 Å². The number of benzene rings is 12. The van der Waals surface area contributed by atoms with Crippen LogP contribution in [0.3, 0.4) is 0 Å². The smallest absolute Gasteiger partial charge is 0.160 e. The van der Waals surface area contributed by atoms with Crippen LogP contribution in [0.1, 0.15) is 0 Å². The van der Waals surface area contributed by atoms with Crippen LogP contribution in [-0.4, -0.2) is 23.7 Å². The maximum Gasteiger partial charge on any atom is 0.160 e. The van der Waals surface area contributed by atoms with Gasteiger partial charge in [0, 0.05) is 65.6 Å². The van der Waals surface area contributed by atoms with Gasteiger partial charge in [-0.1, -0.05) is 176 Å². The number of fused-ring (bicyclic) bond motifs is 14. The van der Waals surface area contributed by atoms with Crippen LogP contribution in [0, 0.1) is 0 Å². The number of aromatic nitrogens is 5. The summed E-state index contributed by atoms with van der Waals surface area (Å²) in [7, 11) is 0. The van der Waals surface area contributed by atoms with Crippen LogP contribution >= 0.6 is 0 Å². The lowest BCUT2D eigenvalue weighted by Gasteiger charge is -2.16. The number of nitrogens with zero attached hydrogens (tertiary/aromatic N) is 5. The number of para-hydroxylation sites is 5. The highest BCUT2D eigenvalue weighted by Gasteiger charge is 2.24. The second-order valence-electron chi connectivity index (χ2n) is 19.3. The Morgan fingerprint density at radius 3 is 1.63 bits per heavy atom. The SMILES string of the molecule is c1ccc(-n2c3ccccc3c3c(-c4nc(-c5ccc6cc(-n7c8ccccc8c8c(-n9c%10ccccc%10c%10c%11ccccc%11ccc%109)c9ccccc9cc87)ccc6c5)nc5ccccc45)cccc32)cc1. The fourth-order valence-corrected chi connectivity index (χ4v) is 12.3. The maximum atomic E-state index is 5.49. The molecular formula is C68H41N5. The van der Waals surface area contributed by atoms with Gasteiger partial charge >= 0.3 is 0 Å². The van der Waals surface area contributed by atoms with Crippen molar-refractivity contribution in [1.29, 1.82) is 0 Å². The van der Waals surface area contributed by atoms with E-state index in [4.69, 9.17) is 9.97 Å². The van der Waals surface area contributed by atoms with Crippen LogP contribution in [0.15, 0.2) is 249 Å². The van der Waals surface area contributed by atoms with Crippen molar-refractivity contribution in [3.63, 3.8) is 0 Å². The number of rotatable bonds is 5. The first-order valence-corrected chi connectivity index (χ1v) is 25.0. The molecule has 0 bridgehead atoms. The summed E-state index contributed by atoms with van der Waals surface area (Å²) in [5.74, 6) is 0.698. The molecule has 0 spiro atoms. The van der Waals surface area contributed by atoms with Gasteiger partial charge in [0.05, 0.1) is 50.0 Å². The van der Waals surface area contributed by atoms with Gasteiger partial charge in [0.25, 0.3) is 0 Å². The molecule has 5 nitrogen and oxygen atoms in total. The third-order valence-corrected chi connectivity index (χ3v) is 15.4. The fraction of sp³-hybridized carbons (Fsp3) is 0. The molecule has 73 heavy (non-hydrogen) atoms. The van der Waals surface area contributed by atoms with Gasteiger partial charge in [-0.2, -0.15) is 0 Å². The van der Waals surface area contributed by atoms with E-state index in [1.807, 2.05) is 0 Å². The van der Waals surface area contributed by atoms with Crippen molar-refractivity contribution in [3.05, 3.63) is 249 Å². The minimum absolute atomic E-state index is 0.698. The zero-order chi connectivity index (χ0) is 47.7. The minimum atomic E-state index is 0.698. The van der Waals surface area contributed by atoms with Crippen molar-refractivity contribution >= 4 is 109 Å². The molecule has 0 aliphatic rings. The third-order valence-electron chi connectivity index (χ3n) is 15.4. The Morgan fingerprint density at radius 1 is 0.274 bits per heavy atom. The summed E-state index contributed by atoms with van der Waals surface area (Å²) in [6.07, 6.45) is 0. The Morgan fingerprint density at radius 2 is 0.836 bits per heavy atom.